The van der Waals surface area contributed by atoms with Crippen LogP contribution in [0, 0.1) is 6.92 Å². The average molecular weight is 409 g/mol. The van der Waals surface area contributed by atoms with Crippen LogP contribution in [0.5, 0.6) is 0 Å². The van der Waals surface area contributed by atoms with Crippen LogP contribution in [0.1, 0.15) is 22.7 Å². The van der Waals surface area contributed by atoms with E-state index in [4.69, 9.17) is 0 Å². The molecular formula is C23H24N2O3S. The molecule has 0 saturated heterocycles. The van der Waals surface area contributed by atoms with Gasteiger partial charge in [0, 0.05) is 6.26 Å². The standard InChI is InChI=1S/C23H24N2O3S/c1-17-12-14-19(15-13-17)23(18-8-4-3-5-9-18)24-16-22(26)25-20-10-6-7-11-21(20)29(2,27)28/h3-15,23-24H,16H2,1-2H3,(H,25,26)/t23-/m0/s1. The van der Waals surface area contributed by atoms with E-state index in [9.17, 15) is 13.2 Å². The lowest BCUT2D eigenvalue weighted by atomic mass is 9.98. The summed E-state index contributed by atoms with van der Waals surface area (Å²) in [5.41, 5.74) is 3.54. The zero-order valence-electron chi connectivity index (χ0n) is 16.4. The van der Waals surface area contributed by atoms with Crippen molar-refractivity contribution in [1.29, 1.82) is 0 Å². The summed E-state index contributed by atoms with van der Waals surface area (Å²) in [6, 6.07) is 24.3. The summed E-state index contributed by atoms with van der Waals surface area (Å²) in [6.07, 6.45) is 1.12. The minimum Gasteiger partial charge on any atom is -0.324 e. The Kier molecular flexibility index (Phi) is 6.46. The minimum absolute atomic E-state index is 0.0333. The number of rotatable bonds is 7. The molecule has 0 saturated carbocycles. The first kappa shape index (κ1) is 20.8. The molecule has 6 heteroatoms. The van der Waals surface area contributed by atoms with Gasteiger partial charge in [-0.2, -0.15) is 0 Å². The molecule has 0 bridgehead atoms. The van der Waals surface area contributed by atoms with Crippen molar-refractivity contribution in [2.24, 2.45) is 0 Å². The van der Waals surface area contributed by atoms with Gasteiger partial charge in [0.15, 0.2) is 9.84 Å². The molecule has 3 aromatic rings. The van der Waals surface area contributed by atoms with Crippen molar-refractivity contribution >= 4 is 21.4 Å². The van der Waals surface area contributed by atoms with Crippen LogP contribution in [0.3, 0.4) is 0 Å². The number of nitrogens with one attached hydrogen (secondary N) is 2. The lowest BCUT2D eigenvalue weighted by molar-refractivity contribution is -0.115. The second-order valence-corrected chi connectivity index (χ2v) is 8.94. The van der Waals surface area contributed by atoms with Gasteiger partial charge in [-0.15, -0.1) is 0 Å². The van der Waals surface area contributed by atoms with Gasteiger partial charge in [-0.25, -0.2) is 8.42 Å². The lowest BCUT2D eigenvalue weighted by Gasteiger charge is -2.20. The molecule has 2 N–H and O–H groups in total. The topological polar surface area (TPSA) is 75.3 Å². The molecule has 5 nitrogen and oxygen atoms in total. The van der Waals surface area contributed by atoms with Crippen LogP contribution in [0.15, 0.2) is 83.8 Å². The predicted molar refractivity (Wildman–Crippen MR) is 116 cm³/mol. The highest BCUT2D eigenvalue weighted by Gasteiger charge is 2.17. The van der Waals surface area contributed by atoms with Gasteiger partial charge in [0.05, 0.1) is 23.2 Å². The van der Waals surface area contributed by atoms with Crippen LogP contribution >= 0.6 is 0 Å². The van der Waals surface area contributed by atoms with Gasteiger partial charge in [0.1, 0.15) is 0 Å². The Morgan fingerprint density at radius 3 is 2.10 bits per heavy atom. The summed E-state index contributed by atoms with van der Waals surface area (Å²) in [5, 5.41) is 5.99. The SMILES string of the molecule is Cc1ccc([C@@H](NCC(=O)Nc2ccccc2S(C)(=O)=O)c2ccccc2)cc1. The van der Waals surface area contributed by atoms with E-state index in [0.29, 0.717) is 0 Å². The van der Waals surface area contributed by atoms with E-state index in [1.165, 1.54) is 6.07 Å². The van der Waals surface area contributed by atoms with Crippen molar-refractivity contribution < 1.29 is 13.2 Å². The molecule has 0 aliphatic carbocycles. The summed E-state index contributed by atoms with van der Waals surface area (Å²) < 4.78 is 23.9. The van der Waals surface area contributed by atoms with Crippen LogP contribution in [-0.2, 0) is 14.6 Å². The van der Waals surface area contributed by atoms with E-state index in [2.05, 4.69) is 10.6 Å². The maximum Gasteiger partial charge on any atom is 0.238 e. The Hall–Kier alpha value is -2.96. The molecule has 0 spiro atoms. The van der Waals surface area contributed by atoms with Crippen LogP contribution in [0.2, 0.25) is 0 Å². The molecule has 0 heterocycles. The molecule has 0 radical (unpaired) electrons. The second-order valence-electron chi connectivity index (χ2n) is 6.95. The summed E-state index contributed by atoms with van der Waals surface area (Å²) in [5.74, 6) is -0.311. The monoisotopic (exact) mass is 408 g/mol. The third-order valence-corrected chi connectivity index (χ3v) is 5.73. The number of carbonyl (C=O) groups is 1. The number of para-hydroxylation sites is 1. The Morgan fingerprint density at radius 1 is 0.862 bits per heavy atom. The molecule has 0 aliphatic rings. The normalized spacial score (nSPS) is 12.3. The van der Waals surface area contributed by atoms with E-state index in [0.717, 1.165) is 22.9 Å². The summed E-state index contributed by atoms with van der Waals surface area (Å²) in [6.45, 7) is 2.06. The van der Waals surface area contributed by atoms with Gasteiger partial charge < -0.3 is 5.32 Å². The van der Waals surface area contributed by atoms with Gasteiger partial charge in [-0.3, -0.25) is 10.1 Å². The predicted octanol–water partition coefficient (Wildman–Crippen LogP) is 3.72. The van der Waals surface area contributed by atoms with Crippen molar-refractivity contribution in [3.63, 3.8) is 0 Å². The fourth-order valence-corrected chi connectivity index (χ4v) is 3.96. The van der Waals surface area contributed by atoms with Gasteiger partial charge in [-0.1, -0.05) is 72.3 Å². The largest absolute Gasteiger partial charge is 0.324 e. The molecule has 0 aromatic heterocycles. The Labute approximate surface area is 171 Å². The van der Waals surface area contributed by atoms with Crippen LogP contribution in [0.4, 0.5) is 5.69 Å². The molecular weight excluding hydrogens is 384 g/mol. The quantitative estimate of drug-likeness (QED) is 0.625. The summed E-state index contributed by atoms with van der Waals surface area (Å²) >= 11 is 0. The minimum atomic E-state index is -3.44. The molecule has 0 fully saturated rings. The summed E-state index contributed by atoms with van der Waals surface area (Å²) in [7, 11) is -3.44. The molecule has 0 aliphatic heterocycles. The van der Waals surface area contributed by atoms with Crippen molar-refractivity contribution in [2.45, 2.75) is 17.9 Å². The van der Waals surface area contributed by atoms with Gasteiger partial charge in [0.2, 0.25) is 5.91 Å². The third-order valence-electron chi connectivity index (χ3n) is 4.57. The van der Waals surface area contributed by atoms with Gasteiger partial charge in [-0.05, 0) is 30.2 Å². The zero-order valence-corrected chi connectivity index (χ0v) is 17.2. The smallest absolute Gasteiger partial charge is 0.238 e. The maximum atomic E-state index is 12.5. The van der Waals surface area contributed by atoms with Crippen molar-refractivity contribution in [2.75, 3.05) is 18.1 Å². The summed E-state index contributed by atoms with van der Waals surface area (Å²) in [4.78, 5) is 12.6. The van der Waals surface area contributed by atoms with Crippen molar-refractivity contribution in [1.82, 2.24) is 5.32 Å². The number of sulfone groups is 1. The van der Waals surface area contributed by atoms with E-state index < -0.39 is 9.84 Å². The molecule has 1 amide bonds. The molecule has 29 heavy (non-hydrogen) atoms. The Morgan fingerprint density at radius 2 is 1.45 bits per heavy atom. The Balaban J connectivity index is 1.77. The van der Waals surface area contributed by atoms with Gasteiger partial charge >= 0.3 is 0 Å². The first-order valence-corrected chi connectivity index (χ1v) is 11.2. The molecule has 3 rings (SSSR count). The van der Waals surface area contributed by atoms with Gasteiger partial charge in [0.25, 0.3) is 0 Å². The second kappa shape index (κ2) is 9.03. The number of hydrogen-bond donors (Lipinski definition) is 2. The third kappa shape index (κ3) is 5.53. The number of anilines is 1. The van der Waals surface area contributed by atoms with Crippen LogP contribution in [0.25, 0.3) is 0 Å². The first-order chi connectivity index (χ1) is 13.8. The van der Waals surface area contributed by atoms with E-state index in [-0.39, 0.29) is 29.1 Å². The van der Waals surface area contributed by atoms with Crippen molar-refractivity contribution in [3.05, 3.63) is 95.6 Å². The van der Waals surface area contributed by atoms with Crippen molar-refractivity contribution in [3.8, 4) is 0 Å². The van der Waals surface area contributed by atoms with Crippen LogP contribution in [-0.4, -0.2) is 27.1 Å². The van der Waals surface area contributed by atoms with E-state index >= 15 is 0 Å². The molecule has 0 unspecified atom stereocenters. The molecule has 3 aromatic carbocycles. The Bertz CT molecular complexity index is 1080. The number of amides is 1. The number of carbonyl (C=O) groups excluding carboxylic acids is 1. The average Bonchev–Trinajstić information content (AvgIpc) is 2.70. The number of benzene rings is 3. The first-order valence-electron chi connectivity index (χ1n) is 9.28. The number of aryl methyl sites for hydroxylation is 1. The van der Waals surface area contributed by atoms with Crippen LogP contribution < -0.4 is 10.6 Å². The van der Waals surface area contributed by atoms with E-state index in [1.54, 1.807) is 18.2 Å². The fraction of sp³-hybridized carbons (Fsp3) is 0.174. The highest BCUT2D eigenvalue weighted by Crippen LogP contribution is 2.23. The molecule has 150 valence electrons. The highest BCUT2D eigenvalue weighted by atomic mass is 32.2. The van der Waals surface area contributed by atoms with E-state index in [1.807, 2.05) is 61.5 Å². The molecule has 1 atom stereocenters. The maximum absolute atomic E-state index is 12.5. The number of hydrogen-bond acceptors (Lipinski definition) is 4. The lowest BCUT2D eigenvalue weighted by Crippen LogP contribution is -2.32. The fourth-order valence-electron chi connectivity index (χ4n) is 3.11. The highest BCUT2D eigenvalue weighted by molar-refractivity contribution is 7.90. The zero-order chi connectivity index (χ0) is 20.9.